The summed E-state index contributed by atoms with van der Waals surface area (Å²) in [6.45, 7) is 1.21. The third-order valence-corrected chi connectivity index (χ3v) is 5.23. The lowest BCUT2D eigenvalue weighted by Crippen LogP contribution is -2.27. The largest absolute Gasteiger partial charge is 0.380 e. The lowest BCUT2D eigenvalue weighted by atomic mass is 9.86. The number of carbonyl (C=O) groups is 1. The number of carbonyl (C=O) groups excluding carboxylic acids is 1. The number of benzene rings is 1. The van der Waals surface area contributed by atoms with Crippen molar-refractivity contribution < 1.29 is 9.53 Å². The van der Waals surface area contributed by atoms with E-state index in [2.05, 4.69) is 17.4 Å². The third-order valence-electron chi connectivity index (χ3n) is 5.23. The highest BCUT2D eigenvalue weighted by molar-refractivity contribution is 5.76. The summed E-state index contributed by atoms with van der Waals surface area (Å²) in [5, 5.41) is 3.09. The van der Waals surface area contributed by atoms with Crippen LogP contribution < -0.4 is 5.32 Å². The third kappa shape index (κ3) is 3.46. The van der Waals surface area contributed by atoms with Crippen LogP contribution in [0, 0.1) is 17.8 Å². The molecular weight excluding hydrogens is 262 g/mol. The van der Waals surface area contributed by atoms with Crippen LogP contribution in [0.1, 0.15) is 43.2 Å². The van der Waals surface area contributed by atoms with E-state index in [0.29, 0.717) is 25.5 Å². The monoisotopic (exact) mass is 287 g/mol. The minimum absolute atomic E-state index is 0.208. The van der Waals surface area contributed by atoms with Gasteiger partial charge < -0.3 is 10.1 Å². The van der Waals surface area contributed by atoms with E-state index in [0.717, 1.165) is 23.0 Å². The highest BCUT2D eigenvalue weighted by Gasteiger charge is 2.39. The van der Waals surface area contributed by atoms with Crippen LogP contribution in [0.5, 0.6) is 0 Å². The maximum absolute atomic E-state index is 12.2. The summed E-state index contributed by atoms with van der Waals surface area (Å²) in [7, 11) is 1.70. The van der Waals surface area contributed by atoms with Gasteiger partial charge in [-0.3, -0.25) is 4.79 Å². The van der Waals surface area contributed by atoms with E-state index in [1.807, 2.05) is 12.1 Å². The minimum Gasteiger partial charge on any atom is -0.380 e. The fraction of sp³-hybridized carbons (Fsp3) is 0.611. The standard InChI is InChI=1S/C18H25NO2/c1-21-12-16-5-3-2-4-15(16)11-19-18(20)10-17-9-13-6-7-14(17)8-13/h2-5,13-14,17H,6-12H2,1H3,(H,19,20). The van der Waals surface area contributed by atoms with Gasteiger partial charge >= 0.3 is 0 Å². The van der Waals surface area contributed by atoms with Gasteiger partial charge in [-0.1, -0.05) is 30.7 Å². The van der Waals surface area contributed by atoms with Gasteiger partial charge in [-0.15, -0.1) is 0 Å². The van der Waals surface area contributed by atoms with Crippen molar-refractivity contribution in [3.63, 3.8) is 0 Å². The summed E-state index contributed by atoms with van der Waals surface area (Å²) in [6.07, 6.45) is 6.10. The lowest BCUT2D eigenvalue weighted by Gasteiger charge is -2.21. The first-order valence-electron chi connectivity index (χ1n) is 8.08. The normalized spacial score (nSPS) is 27.0. The maximum atomic E-state index is 12.2. The molecule has 1 aromatic carbocycles. The average Bonchev–Trinajstić information content (AvgIpc) is 3.09. The molecule has 0 heterocycles. The fourth-order valence-electron chi connectivity index (χ4n) is 4.16. The van der Waals surface area contributed by atoms with E-state index >= 15 is 0 Å². The number of nitrogens with one attached hydrogen (secondary N) is 1. The Bertz CT molecular complexity index is 500. The number of rotatable bonds is 6. The summed E-state index contributed by atoms with van der Waals surface area (Å²) in [5.74, 6) is 2.58. The molecule has 0 aliphatic heterocycles. The van der Waals surface area contributed by atoms with Crippen LogP contribution in [0.15, 0.2) is 24.3 Å². The van der Waals surface area contributed by atoms with Crippen LogP contribution in [-0.2, 0) is 22.7 Å². The summed E-state index contributed by atoms with van der Waals surface area (Å²) in [4.78, 5) is 12.2. The number of methoxy groups -OCH3 is 1. The van der Waals surface area contributed by atoms with Gasteiger partial charge in [-0.05, 0) is 48.1 Å². The molecule has 2 aliphatic rings. The van der Waals surface area contributed by atoms with E-state index < -0.39 is 0 Å². The second-order valence-corrected chi connectivity index (χ2v) is 6.62. The molecule has 0 aromatic heterocycles. The van der Waals surface area contributed by atoms with E-state index in [9.17, 15) is 4.79 Å². The first kappa shape index (κ1) is 14.6. The molecule has 2 aliphatic carbocycles. The van der Waals surface area contributed by atoms with E-state index in [1.54, 1.807) is 7.11 Å². The predicted octanol–water partition coefficient (Wildman–Crippen LogP) is 3.28. The van der Waals surface area contributed by atoms with Crippen molar-refractivity contribution in [2.24, 2.45) is 17.8 Å². The van der Waals surface area contributed by atoms with Gasteiger partial charge in [-0.25, -0.2) is 0 Å². The Hall–Kier alpha value is -1.35. The van der Waals surface area contributed by atoms with Crippen molar-refractivity contribution in [1.29, 1.82) is 0 Å². The quantitative estimate of drug-likeness (QED) is 0.872. The van der Waals surface area contributed by atoms with E-state index in [4.69, 9.17) is 4.74 Å². The molecule has 3 heteroatoms. The smallest absolute Gasteiger partial charge is 0.220 e. The molecule has 114 valence electrons. The Balaban J connectivity index is 1.49. The Morgan fingerprint density at radius 1 is 1.24 bits per heavy atom. The molecule has 21 heavy (non-hydrogen) atoms. The Kier molecular flexibility index (Phi) is 4.59. The zero-order valence-corrected chi connectivity index (χ0v) is 12.8. The molecule has 3 nitrogen and oxygen atoms in total. The van der Waals surface area contributed by atoms with Crippen LogP contribution in [0.4, 0.5) is 0 Å². The number of fused-ring (bicyclic) bond motifs is 2. The Morgan fingerprint density at radius 3 is 2.71 bits per heavy atom. The molecule has 0 radical (unpaired) electrons. The highest BCUT2D eigenvalue weighted by atomic mass is 16.5. The Morgan fingerprint density at radius 2 is 2.05 bits per heavy atom. The predicted molar refractivity (Wildman–Crippen MR) is 82.6 cm³/mol. The Labute approximate surface area is 127 Å². The van der Waals surface area contributed by atoms with E-state index in [1.165, 1.54) is 25.7 Å². The van der Waals surface area contributed by atoms with Gasteiger partial charge in [0, 0.05) is 20.1 Å². The van der Waals surface area contributed by atoms with Gasteiger partial charge in [-0.2, -0.15) is 0 Å². The maximum Gasteiger partial charge on any atom is 0.220 e. The summed E-state index contributed by atoms with van der Waals surface area (Å²) >= 11 is 0. The number of amides is 1. The summed E-state index contributed by atoms with van der Waals surface area (Å²) in [5.41, 5.74) is 2.31. The molecule has 0 spiro atoms. The van der Waals surface area contributed by atoms with Crippen LogP contribution >= 0.6 is 0 Å². The van der Waals surface area contributed by atoms with Crippen LogP contribution in [0.3, 0.4) is 0 Å². The zero-order chi connectivity index (χ0) is 14.7. The second-order valence-electron chi connectivity index (χ2n) is 6.62. The van der Waals surface area contributed by atoms with Crippen molar-refractivity contribution in [3.8, 4) is 0 Å². The van der Waals surface area contributed by atoms with Crippen molar-refractivity contribution in [2.45, 2.75) is 45.3 Å². The minimum atomic E-state index is 0.208. The first-order valence-corrected chi connectivity index (χ1v) is 8.08. The summed E-state index contributed by atoms with van der Waals surface area (Å²) < 4.78 is 5.20. The van der Waals surface area contributed by atoms with Gasteiger partial charge in [0.15, 0.2) is 0 Å². The van der Waals surface area contributed by atoms with Crippen molar-refractivity contribution in [2.75, 3.05) is 7.11 Å². The second kappa shape index (κ2) is 6.61. The zero-order valence-electron chi connectivity index (χ0n) is 12.8. The van der Waals surface area contributed by atoms with E-state index in [-0.39, 0.29) is 5.91 Å². The summed E-state index contributed by atoms with van der Waals surface area (Å²) in [6, 6.07) is 8.14. The number of hydrogen-bond acceptors (Lipinski definition) is 2. The molecule has 1 aromatic rings. The average molecular weight is 287 g/mol. The highest BCUT2D eigenvalue weighted by Crippen LogP contribution is 2.49. The molecule has 1 N–H and O–H groups in total. The van der Waals surface area contributed by atoms with Gasteiger partial charge in [0.05, 0.1) is 6.61 Å². The molecule has 3 unspecified atom stereocenters. The van der Waals surface area contributed by atoms with Crippen molar-refractivity contribution in [3.05, 3.63) is 35.4 Å². The molecular formula is C18H25NO2. The fourth-order valence-corrected chi connectivity index (χ4v) is 4.16. The van der Waals surface area contributed by atoms with Crippen LogP contribution in [-0.4, -0.2) is 13.0 Å². The lowest BCUT2D eigenvalue weighted by molar-refractivity contribution is -0.122. The SMILES string of the molecule is COCc1ccccc1CNC(=O)CC1CC2CCC1C2. The number of ether oxygens (including phenoxy) is 1. The molecule has 3 rings (SSSR count). The molecule has 2 fully saturated rings. The number of hydrogen-bond donors (Lipinski definition) is 1. The van der Waals surface area contributed by atoms with Gasteiger partial charge in [0.2, 0.25) is 5.91 Å². The van der Waals surface area contributed by atoms with Gasteiger partial charge in [0.1, 0.15) is 0 Å². The molecule has 1 amide bonds. The first-order chi connectivity index (χ1) is 10.3. The molecule has 0 saturated heterocycles. The molecule has 3 atom stereocenters. The van der Waals surface area contributed by atoms with Crippen LogP contribution in [0.2, 0.25) is 0 Å². The van der Waals surface area contributed by atoms with Crippen LogP contribution in [0.25, 0.3) is 0 Å². The topological polar surface area (TPSA) is 38.3 Å². The van der Waals surface area contributed by atoms with Crippen molar-refractivity contribution in [1.82, 2.24) is 5.32 Å². The van der Waals surface area contributed by atoms with Crippen molar-refractivity contribution >= 4 is 5.91 Å². The molecule has 2 saturated carbocycles. The van der Waals surface area contributed by atoms with Gasteiger partial charge in [0.25, 0.3) is 0 Å². The molecule has 2 bridgehead atoms.